The molecule has 1 saturated heterocycles. The molecule has 0 radical (unpaired) electrons. The summed E-state index contributed by atoms with van der Waals surface area (Å²) in [5.74, 6) is -0.462. The topological polar surface area (TPSA) is 48.5 Å². The monoisotopic (exact) mass is 348 g/mol. The molecule has 5 nitrogen and oxygen atoms in total. The van der Waals surface area contributed by atoms with Gasteiger partial charge < -0.3 is 10.2 Å². The lowest BCUT2D eigenvalue weighted by atomic mass is 10.3. The fourth-order valence-corrected chi connectivity index (χ4v) is 3.63. The maximum Gasteiger partial charge on any atom is 0.238 e. The molecule has 0 bridgehead atoms. The Kier molecular flexibility index (Phi) is 5.42. The molecule has 7 heteroatoms. The Bertz CT molecular complexity index is 705. The van der Waals surface area contributed by atoms with Gasteiger partial charge in [-0.15, -0.1) is 11.3 Å². The molecular weight excluding hydrogens is 327 g/mol. The second-order valence-corrected chi connectivity index (χ2v) is 6.78. The normalized spacial score (nSPS) is 16.0. The third-order valence-corrected chi connectivity index (χ3v) is 4.96. The number of hydrogen-bond acceptors (Lipinski definition) is 5. The largest absolute Gasteiger partial charge is 0.347 e. The molecule has 1 aliphatic rings. The lowest BCUT2D eigenvalue weighted by molar-refractivity contribution is -0.117. The summed E-state index contributed by atoms with van der Waals surface area (Å²) in [7, 11) is 0. The van der Waals surface area contributed by atoms with Crippen molar-refractivity contribution in [2.45, 2.75) is 13.3 Å². The second-order valence-electron chi connectivity index (χ2n) is 5.95. The standard InChI is InChI=1S/C17H21FN4OS/c1-13-12-24-17(19-13)22-7-3-6-21(8-9-22)11-16(23)20-15-5-2-4-14(18)10-15/h2,4-5,10,12H,3,6-9,11H2,1H3,(H,20,23). The number of carbonyl (C=O) groups excluding carboxylic acids is 1. The molecule has 24 heavy (non-hydrogen) atoms. The maximum atomic E-state index is 13.2. The number of carbonyl (C=O) groups is 1. The first-order chi connectivity index (χ1) is 11.6. The quantitative estimate of drug-likeness (QED) is 0.923. The molecule has 3 rings (SSSR count). The van der Waals surface area contributed by atoms with E-state index in [0.717, 1.165) is 43.4 Å². The van der Waals surface area contributed by atoms with Gasteiger partial charge in [-0.1, -0.05) is 6.07 Å². The first-order valence-corrected chi connectivity index (χ1v) is 8.93. The Morgan fingerprint density at radius 2 is 2.21 bits per heavy atom. The summed E-state index contributed by atoms with van der Waals surface area (Å²) in [5, 5.41) is 5.87. The van der Waals surface area contributed by atoms with E-state index < -0.39 is 0 Å². The first kappa shape index (κ1) is 16.9. The summed E-state index contributed by atoms with van der Waals surface area (Å²) in [6.07, 6.45) is 0.992. The van der Waals surface area contributed by atoms with E-state index >= 15 is 0 Å². The zero-order valence-electron chi connectivity index (χ0n) is 13.7. The van der Waals surface area contributed by atoms with E-state index in [0.29, 0.717) is 12.2 Å². The highest BCUT2D eigenvalue weighted by atomic mass is 32.1. The molecule has 1 aliphatic heterocycles. The summed E-state index contributed by atoms with van der Waals surface area (Å²) in [4.78, 5) is 21.1. The van der Waals surface area contributed by atoms with Crippen molar-refractivity contribution >= 4 is 28.1 Å². The molecule has 0 saturated carbocycles. The van der Waals surface area contributed by atoms with Gasteiger partial charge in [0.05, 0.1) is 12.2 Å². The van der Waals surface area contributed by atoms with E-state index in [4.69, 9.17) is 0 Å². The zero-order valence-corrected chi connectivity index (χ0v) is 14.5. The number of aryl methyl sites for hydroxylation is 1. The van der Waals surface area contributed by atoms with Crippen molar-refractivity contribution in [3.8, 4) is 0 Å². The molecule has 128 valence electrons. The number of rotatable bonds is 4. The molecule has 0 spiro atoms. The van der Waals surface area contributed by atoms with E-state index in [1.165, 1.54) is 12.1 Å². The summed E-state index contributed by atoms with van der Waals surface area (Å²) in [6, 6.07) is 5.97. The van der Waals surface area contributed by atoms with Crippen LogP contribution in [0.5, 0.6) is 0 Å². The van der Waals surface area contributed by atoms with Crippen LogP contribution in [0.3, 0.4) is 0 Å². The fourth-order valence-electron chi connectivity index (χ4n) is 2.78. The lowest BCUT2D eigenvalue weighted by Gasteiger charge is -2.21. The minimum absolute atomic E-state index is 0.112. The Hall–Kier alpha value is -1.99. The van der Waals surface area contributed by atoms with Crippen LogP contribution in [0.1, 0.15) is 12.1 Å². The van der Waals surface area contributed by atoms with E-state index in [9.17, 15) is 9.18 Å². The molecule has 1 aromatic heterocycles. The summed E-state index contributed by atoms with van der Waals surface area (Å²) >= 11 is 1.67. The van der Waals surface area contributed by atoms with Crippen molar-refractivity contribution in [1.82, 2.24) is 9.88 Å². The number of anilines is 2. The number of benzene rings is 1. The predicted molar refractivity (Wildman–Crippen MR) is 95.2 cm³/mol. The lowest BCUT2D eigenvalue weighted by Crippen LogP contribution is -2.36. The molecular formula is C17H21FN4OS. The summed E-state index contributed by atoms with van der Waals surface area (Å²) in [6.45, 7) is 5.82. The third-order valence-electron chi connectivity index (χ3n) is 3.94. The SMILES string of the molecule is Cc1csc(N2CCCN(CC(=O)Nc3cccc(F)c3)CC2)n1. The van der Waals surface area contributed by atoms with Crippen LogP contribution < -0.4 is 10.2 Å². The average Bonchev–Trinajstić information content (AvgIpc) is 2.83. The van der Waals surface area contributed by atoms with Gasteiger partial charge in [0.25, 0.3) is 0 Å². The van der Waals surface area contributed by atoms with E-state index in [2.05, 4.69) is 25.5 Å². The Balaban J connectivity index is 1.52. The van der Waals surface area contributed by atoms with Crippen LogP contribution >= 0.6 is 11.3 Å². The van der Waals surface area contributed by atoms with Crippen molar-refractivity contribution in [2.75, 3.05) is 42.9 Å². The molecule has 2 aromatic rings. The van der Waals surface area contributed by atoms with Crippen molar-refractivity contribution in [2.24, 2.45) is 0 Å². The molecule has 1 amide bonds. The van der Waals surface area contributed by atoms with Crippen molar-refractivity contribution < 1.29 is 9.18 Å². The molecule has 1 N–H and O–H groups in total. The molecule has 0 aliphatic carbocycles. The van der Waals surface area contributed by atoms with Gasteiger partial charge in [0, 0.05) is 37.2 Å². The van der Waals surface area contributed by atoms with Gasteiger partial charge in [-0.25, -0.2) is 9.37 Å². The van der Waals surface area contributed by atoms with Crippen LogP contribution in [0.15, 0.2) is 29.6 Å². The highest BCUT2D eigenvalue weighted by Crippen LogP contribution is 2.21. The van der Waals surface area contributed by atoms with Gasteiger partial charge in [-0.3, -0.25) is 9.69 Å². The number of nitrogens with zero attached hydrogens (tertiary/aromatic N) is 3. The van der Waals surface area contributed by atoms with E-state index in [1.54, 1.807) is 23.5 Å². The van der Waals surface area contributed by atoms with Crippen molar-refractivity contribution in [3.63, 3.8) is 0 Å². The summed E-state index contributed by atoms with van der Waals surface area (Å²) in [5.41, 5.74) is 1.54. The van der Waals surface area contributed by atoms with E-state index in [1.807, 2.05) is 6.92 Å². The molecule has 0 unspecified atom stereocenters. The summed E-state index contributed by atoms with van der Waals surface area (Å²) < 4.78 is 13.2. The number of hydrogen-bond donors (Lipinski definition) is 1. The predicted octanol–water partition coefficient (Wildman–Crippen LogP) is 2.74. The van der Waals surface area contributed by atoms with Crippen molar-refractivity contribution in [1.29, 1.82) is 0 Å². The van der Waals surface area contributed by atoms with Crippen molar-refractivity contribution in [3.05, 3.63) is 41.2 Å². The minimum Gasteiger partial charge on any atom is -0.347 e. The molecule has 0 atom stereocenters. The average molecular weight is 348 g/mol. The van der Waals surface area contributed by atoms with Crippen LogP contribution in [-0.2, 0) is 4.79 Å². The number of thiazole rings is 1. The van der Waals surface area contributed by atoms with Gasteiger partial charge >= 0.3 is 0 Å². The Morgan fingerprint density at radius 3 is 2.96 bits per heavy atom. The number of nitrogens with one attached hydrogen (secondary N) is 1. The third kappa shape index (κ3) is 4.52. The van der Waals surface area contributed by atoms with Gasteiger partial charge in [-0.05, 0) is 31.5 Å². The Labute approximate surface area is 145 Å². The van der Waals surface area contributed by atoms with Crippen LogP contribution in [0.25, 0.3) is 0 Å². The van der Waals surface area contributed by atoms with Crippen LogP contribution in [0.2, 0.25) is 0 Å². The van der Waals surface area contributed by atoms with Gasteiger partial charge in [0.1, 0.15) is 5.82 Å². The highest BCUT2D eigenvalue weighted by Gasteiger charge is 2.19. The molecule has 1 fully saturated rings. The molecule has 1 aromatic carbocycles. The van der Waals surface area contributed by atoms with Crippen LogP contribution in [0.4, 0.5) is 15.2 Å². The minimum atomic E-state index is -0.350. The maximum absolute atomic E-state index is 13.2. The first-order valence-electron chi connectivity index (χ1n) is 8.05. The highest BCUT2D eigenvalue weighted by molar-refractivity contribution is 7.13. The van der Waals surface area contributed by atoms with Gasteiger partial charge in [0.15, 0.2) is 5.13 Å². The molecule has 2 heterocycles. The van der Waals surface area contributed by atoms with Crippen LogP contribution in [-0.4, -0.2) is 48.5 Å². The van der Waals surface area contributed by atoms with Gasteiger partial charge in [-0.2, -0.15) is 0 Å². The smallest absolute Gasteiger partial charge is 0.238 e. The number of halogens is 1. The van der Waals surface area contributed by atoms with Gasteiger partial charge in [0.2, 0.25) is 5.91 Å². The second kappa shape index (κ2) is 7.72. The number of aromatic nitrogens is 1. The fraction of sp³-hybridized carbons (Fsp3) is 0.412. The Morgan fingerprint density at radius 1 is 1.33 bits per heavy atom. The van der Waals surface area contributed by atoms with Crippen LogP contribution in [0, 0.1) is 12.7 Å². The zero-order chi connectivity index (χ0) is 16.9. The van der Waals surface area contributed by atoms with E-state index in [-0.39, 0.29) is 11.7 Å². The number of amides is 1.